The predicted octanol–water partition coefficient (Wildman–Crippen LogP) is 20.9. The van der Waals surface area contributed by atoms with Crippen molar-refractivity contribution >= 4 is 140 Å². The van der Waals surface area contributed by atoms with Gasteiger partial charge in [-0.1, -0.05) is 167 Å². The number of benzene rings is 4. The summed E-state index contributed by atoms with van der Waals surface area (Å²) in [5.74, 6) is 2.79. The number of rotatable bonds is 8. The van der Waals surface area contributed by atoms with E-state index in [2.05, 4.69) is 260 Å². The van der Waals surface area contributed by atoms with Gasteiger partial charge in [-0.3, -0.25) is 0 Å². The molecule has 2 unspecified atom stereocenters. The molecule has 4 aromatic carbocycles. The first kappa shape index (κ1) is 75.3. The van der Waals surface area contributed by atoms with Gasteiger partial charge < -0.3 is 20.9 Å². The van der Waals surface area contributed by atoms with Crippen LogP contribution in [0.4, 0.5) is 29.0 Å². The number of hydrogen-bond donors (Lipinski definition) is 2. The van der Waals surface area contributed by atoms with E-state index in [1.807, 2.05) is 74.4 Å². The van der Waals surface area contributed by atoms with Crippen molar-refractivity contribution in [1.29, 1.82) is 0 Å². The van der Waals surface area contributed by atoms with Gasteiger partial charge in [0.05, 0.1) is 23.5 Å². The van der Waals surface area contributed by atoms with Gasteiger partial charge >= 0.3 is 114 Å². The molecule has 0 saturated carbocycles. The van der Waals surface area contributed by atoms with E-state index in [0.717, 1.165) is 91.6 Å². The number of nitrogens with one attached hydrogen (secondary N) is 1. The predicted molar refractivity (Wildman–Crippen MR) is 373 cm³/mol. The molecule has 16 heteroatoms. The quantitative estimate of drug-likeness (QED) is 0.0884. The fraction of sp³-hybridized carbons (Fsp3) is 0.467. The molecular formula is C60H89ClI5N8V2. The topological polar surface area (TPSA) is 96.1 Å². The third-order valence-corrected chi connectivity index (χ3v) is 12.4. The maximum absolute atomic E-state index is 6.18. The third kappa shape index (κ3) is 24.4. The second-order valence-electron chi connectivity index (χ2n) is 16.6. The molecule has 2 atom stereocenters. The molecule has 2 aliphatic rings. The summed E-state index contributed by atoms with van der Waals surface area (Å²) in [6, 6.07) is 30.6. The van der Waals surface area contributed by atoms with E-state index in [1.54, 1.807) is 0 Å². The number of aromatic nitrogens is 4. The van der Waals surface area contributed by atoms with Gasteiger partial charge in [-0.15, -0.1) is 0 Å². The molecule has 421 valence electrons. The number of nitrogens with zero attached hydrogens (tertiary/aromatic N) is 6. The zero-order valence-electron chi connectivity index (χ0n) is 48.8. The summed E-state index contributed by atoms with van der Waals surface area (Å²) in [5.41, 5.74) is 22.8. The maximum atomic E-state index is 6.18. The van der Waals surface area contributed by atoms with Crippen molar-refractivity contribution in [3.63, 3.8) is 0 Å². The average molecular weight is 1690 g/mol. The molecule has 2 aromatic heterocycles. The Labute approximate surface area is 534 Å². The number of nitrogens with two attached hydrogens (primary N) is 1. The van der Waals surface area contributed by atoms with E-state index >= 15 is 0 Å². The average Bonchev–Trinajstić information content (AvgIpc) is 3.43. The summed E-state index contributed by atoms with van der Waals surface area (Å²) < 4.78 is 0. The van der Waals surface area contributed by atoms with E-state index in [-0.39, 0.29) is 4.92 Å². The summed E-state index contributed by atoms with van der Waals surface area (Å²) in [6.07, 6.45) is 5.76. The van der Waals surface area contributed by atoms with Crippen LogP contribution in [-0.4, -0.2) is 33.0 Å². The van der Waals surface area contributed by atoms with Crippen molar-refractivity contribution in [2.24, 2.45) is 0 Å². The van der Waals surface area contributed by atoms with Crippen molar-refractivity contribution in [3.05, 3.63) is 157 Å². The van der Waals surface area contributed by atoms with Crippen LogP contribution in [0.25, 0.3) is 0 Å². The minimum atomic E-state index is -0.278. The summed E-state index contributed by atoms with van der Waals surface area (Å²) in [4.78, 5) is 23.5. The molecule has 6 aromatic rings. The van der Waals surface area contributed by atoms with Crippen LogP contribution in [-0.2, 0) is 52.9 Å². The second kappa shape index (κ2) is 43.1. The normalized spacial score (nSPS) is 13.4. The molecule has 76 heavy (non-hydrogen) atoms. The Morgan fingerprint density at radius 1 is 0.592 bits per heavy atom. The first-order chi connectivity index (χ1) is 36.5. The van der Waals surface area contributed by atoms with E-state index < -0.39 is 0 Å². The monoisotopic (exact) mass is 1690 g/mol. The Morgan fingerprint density at radius 2 is 0.987 bits per heavy atom. The number of hydrogen-bond acceptors (Lipinski definition) is 8. The molecule has 3 N–H and O–H groups in total. The second-order valence-corrected chi connectivity index (χ2v) is 64.1. The summed E-state index contributed by atoms with van der Waals surface area (Å²) >= 11 is 18.3. The van der Waals surface area contributed by atoms with Gasteiger partial charge in [0.1, 0.15) is 11.6 Å². The number of anilines is 5. The molecule has 4 heterocycles. The van der Waals surface area contributed by atoms with Gasteiger partial charge in [0, 0.05) is 35.6 Å². The van der Waals surface area contributed by atoms with Gasteiger partial charge in [-0.05, 0) is 137 Å². The van der Waals surface area contributed by atoms with Crippen molar-refractivity contribution in [3.8, 4) is 0 Å². The number of halogens is 6. The van der Waals surface area contributed by atoms with Crippen LogP contribution in [0, 0.1) is 27.7 Å². The number of nitrogen functional groups attached to an aromatic ring is 1. The van der Waals surface area contributed by atoms with Crippen molar-refractivity contribution in [1.82, 2.24) is 19.9 Å². The Hall–Kier alpha value is -0.651. The molecule has 0 aliphatic carbocycles. The van der Waals surface area contributed by atoms with E-state index in [1.165, 1.54) is 50.1 Å². The number of aryl methyl sites for hydroxylation is 6. The standard InChI is InChI=1S/C26H32N4.C18H22ClN3.C8H11N.4C2H6.5HI.2V/c1-6-21-23(7-2)27-26(28-24-13-12-17(3)16-18(24)4)29-25(21)30-15-14-20-10-8-9-11-22(20)19(30)5;1-4-14-16(5-2)20-18(19)21-17(14)22-11-10-13-8-6-7-9-15(13)12(22)3;1-6-3-4-8(9)7(2)5-6;4*1-2;;;;;;;/h8-13,16,19H,6-7,14-15H2,1-5H3,(H,27,28,29);6-9,12H,4-5,10-11H2,1-3H3;3-5H,9H2,1-2H3;4*1-2H3;5*1H;;/q;;;;;;;;;;;;+2;+3/p-5. The first-order valence-electron chi connectivity index (χ1n) is 27.0. The van der Waals surface area contributed by atoms with Crippen LogP contribution >= 0.6 is 111 Å². The van der Waals surface area contributed by atoms with Gasteiger partial charge in [0.15, 0.2) is 0 Å². The first-order valence-corrected chi connectivity index (χ1v) is 49.9. The van der Waals surface area contributed by atoms with Crippen LogP contribution in [0.2, 0.25) is 5.28 Å². The molecule has 0 fully saturated rings. The van der Waals surface area contributed by atoms with Crippen molar-refractivity contribution in [2.75, 3.05) is 33.9 Å². The summed E-state index contributed by atoms with van der Waals surface area (Å²) in [5, 5.41) is 3.85. The number of fused-ring (bicyclic) bond motifs is 2. The zero-order valence-corrected chi connectivity index (χ0v) is 63.2. The Kier molecular flexibility index (Phi) is 42.7. The van der Waals surface area contributed by atoms with Crippen LogP contribution in [0.1, 0.15) is 176 Å². The van der Waals surface area contributed by atoms with Crippen LogP contribution < -0.4 is 20.9 Å². The Balaban J connectivity index is 0.00000106. The molecule has 0 bridgehead atoms. The van der Waals surface area contributed by atoms with Gasteiger partial charge in [-0.2, -0.15) is 4.98 Å². The molecular weight excluding hydrogens is 1600 g/mol. The fourth-order valence-corrected chi connectivity index (χ4v) is 9.05. The molecule has 2 aliphatic heterocycles. The van der Waals surface area contributed by atoms with E-state index in [9.17, 15) is 0 Å². The van der Waals surface area contributed by atoms with E-state index in [0.29, 0.717) is 32.8 Å². The summed E-state index contributed by atoms with van der Waals surface area (Å²) in [6.45, 7) is 39.5. The minimum absolute atomic E-state index is 0.278. The van der Waals surface area contributed by atoms with Gasteiger partial charge in [0.2, 0.25) is 11.2 Å². The fourth-order valence-electron chi connectivity index (χ4n) is 8.87. The zero-order chi connectivity index (χ0) is 58.1. The summed E-state index contributed by atoms with van der Waals surface area (Å²) in [7, 11) is 0.628. The third-order valence-electron chi connectivity index (χ3n) is 12.3. The molecule has 0 amide bonds. The van der Waals surface area contributed by atoms with Crippen LogP contribution in [0.3, 0.4) is 0 Å². The van der Waals surface area contributed by atoms with Gasteiger partial charge in [-0.25, -0.2) is 15.0 Å². The Morgan fingerprint density at radius 3 is 1.38 bits per heavy atom. The molecule has 8 rings (SSSR count). The SMILES string of the molecule is CC.CC.CC.CC.CCc1nc(Cl)nc(N2CCc3ccccc3C2C)c1CC.CCc1nc(Nc2ccc(C)cc2C)nc(N2CCc3ccccc3C2C)c1CC.Cc1ccc(N)c(C)c1.[I][V]([I])[I].[I][V][I]. The van der Waals surface area contributed by atoms with Crippen molar-refractivity contribution in [2.45, 2.75) is 175 Å². The molecule has 0 radical (unpaired) electrons. The van der Waals surface area contributed by atoms with Crippen molar-refractivity contribution < 1.29 is 14.4 Å². The van der Waals surface area contributed by atoms with Crippen LogP contribution in [0.15, 0.2) is 84.9 Å². The molecule has 0 saturated heterocycles. The molecule has 0 spiro atoms. The van der Waals surface area contributed by atoms with Gasteiger partial charge in [0.25, 0.3) is 0 Å². The van der Waals surface area contributed by atoms with E-state index in [4.69, 9.17) is 27.3 Å². The molecule has 8 nitrogen and oxygen atoms in total. The van der Waals surface area contributed by atoms with Crippen LogP contribution in [0.5, 0.6) is 0 Å². The Bertz CT molecular complexity index is 2550.